The Balaban J connectivity index is 1.24. The molecule has 1 fully saturated rings. The maximum atomic E-state index is 12.9. The minimum Gasteiger partial charge on any atom is -0.481 e. The zero-order valence-electron chi connectivity index (χ0n) is 19.1. The molecule has 0 aliphatic heterocycles. The van der Waals surface area contributed by atoms with Gasteiger partial charge in [0.25, 0.3) is 5.91 Å². The Labute approximate surface area is 203 Å². The van der Waals surface area contributed by atoms with Gasteiger partial charge in [-0.25, -0.2) is 4.79 Å². The molecule has 3 aromatic carbocycles. The van der Waals surface area contributed by atoms with Crippen molar-refractivity contribution in [1.29, 1.82) is 0 Å². The van der Waals surface area contributed by atoms with Gasteiger partial charge in [0.1, 0.15) is 6.61 Å². The molecule has 3 N–H and O–H groups in total. The lowest BCUT2D eigenvalue weighted by Crippen LogP contribution is -2.34. The summed E-state index contributed by atoms with van der Waals surface area (Å²) in [5, 5.41) is 14.8. The van der Waals surface area contributed by atoms with Crippen LogP contribution < -0.4 is 10.6 Å². The third-order valence-corrected chi connectivity index (χ3v) is 6.87. The molecule has 2 aliphatic carbocycles. The first-order valence-corrected chi connectivity index (χ1v) is 11.8. The zero-order valence-corrected chi connectivity index (χ0v) is 19.1. The van der Waals surface area contributed by atoms with Crippen molar-refractivity contribution in [2.45, 2.75) is 31.2 Å². The minimum absolute atomic E-state index is 0.0590. The van der Waals surface area contributed by atoms with Crippen molar-refractivity contribution in [2.75, 3.05) is 11.9 Å². The molecule has 0 unspecified atom stereocenters. The number of nitrogens with one attached hydrogen (secondary N) is 2. The lowest BCUT2D eigenvalue weighted by Gasteiger charge is -2.17. The molecule has 178 valence electrons. The van der Waals surface area contributed by atoms with Crippen LogP contribution in [0.3, 0.4) is 0 Å². The van der Waals surface area contributed by atoms with Crippen molar-refractivity contribution in [3.63, 3.8) is 0 Å². The van der Waals surface area contributed by atoms with Crippen LogP contribution in [0.5, 0.6) is 0 Å². The fourth-order valence-electron chi connectivity index (χ4n) is 5.13. The van der Waals surface area contributed by atoms with E-state index in [2.05, 4.69) is 34.9 Å². The molecular formula is C28H26N2O5. The monoisotopic (exact) mass is 470 g/mol. The predicted octanol–water partition coefficient (Wildman–Crippen LogP) is 5.03. The number of hydrogen-bond acceptors (Lipinski definition) is 4. The van der Waals surface area contributed by atoms with Crippen molar-refractivity contribution in [3.05, 3.63) is 89.5 Å². The third kappa shape index (κ3) is 4.62. The Morgan fingerprint density at radius 1 is 0.857 bits per heavy atom. The first kappa shape index (κ1) is 22.7. The van der Waals surface area contributed by atoms with Gasteiger partial charge < -0.3 is 15.2 Å². The lowest BCUT2D eigenvalue weighted by molar-refractivity contribution is -0.141. The summed E-state index contributed by atoms with van der Waals surface area (Å²) >= 11 is 0. The van der Waals surface area contributed by atoms with Crippen LogP contribution in [0, 0.1) is 5.92 Å². The van der Waals surface area contributed by atoms with Gasteiger partial charge in [-0.2, -0.15) is 0 Å². The average molecular weight is 471 g/mol. The van der Waals surface area contributed by atoms with Crippen LogP contribution >= 0.6 is 0 Å². The highest BCUT2D eigenvalue weighted by Crippen LogP contribution is 2.44. The van der Waals surface area contributed by atoms with E-state index in [1.165, 1.54) is 0 Å². The van der Waals surface area contributed by atoms with Gasteiger partial charge in [0.15, 0.2) is 0 Å². The molecule has 1 saturated carbocycles. The summed E-state index contributed by atoms with van der Waals surface area (Å²) in [4.78, 5) is 36.8. The number of ether oxygens (including phenoxy) is 1. The minimum atomic E-state index is -0.834. The van der Waals surface area contributed by atoms with Crippen LogP contribution in [-0.4, -0.2) is 35.7 Å². The Hall–Kier alpha value is -4.13. The molecule has 0 heterocycles. The second-order valence-electron chi connectivity index (χ2n) is 9.01. The van der Waals surface area contributed by atoms with Crippen molar-refractivity contribution >= 4 is 23.7 Å². The Kier molecular flexibility index (Phi) is 6.23. The molecule has 2 atom stereocenters. The number of para-hydroxylation sites is 1. The maximum absolute atomic E-state index is 12.9. The molecule has 2 aliphatic rings. The summed E-state index contributed by atoms with van der Waals surface area (Å²) in [6, 6.07) is 22.7. The van der Waals surface area contributed by atoms with Gasteiger partial charge in [-0.3, -0.25) is 14.9 Å². The number of hydrogen-bond donors (Lipinski definition) is 3. The molecule has 0 radical (unpaired) electrons. The first-order valence-electron chi connectivity index (χ1n) is 11.8. The highest BCUT2D eigenvalue weighted by atomic mass is 16.5. The van der Waals surface area contributed by atoms with E-state index < -0.39 is 18.0 Å². The van der Waals surface area contributed by atoms with Gasteiger partial charge in [0.05, 0.1) is 17.2 Å². The number of carbonyl (C=O) groups excluding carboxylic acids is 2. The third-order valence-electron chi connectivity index (χ3n) is 6.87. The first-order chi connectivity index (χ1) is 17.0. The molecule has 2 amide bonds. The number of carboxylic acid groups (broad SMARTS) is 1. The quantitative estimate of drug-likeness (QED) is 0.469. The summed E-state index contributed by atoms with van der Waals surface area (Å²) in [6.07, 6.45) is 0.923. The smallest absolute Gasteiger partial charge is 0.411 e. The Bertz CT molecular complexity index is 1240. The number of rotatable bonds is 6. The number of carbonyl (C=O) groups is 3. The van der Waals surface area contributed by atoms with E-state index in [1.807, 2.05) is 24.3 Å². The largest absolute Gasteiger partial charge is 0.481 e. The van der Waals surface area contributed by atoms with E-state index in [0.29, 0.717) is 30.5 Å². The molecule has 3 aromatic rings. The second-order valence-corrected chi connectivity index (χ2v) is 9.01. The van der Waals surface area contributed by atoms with Crippen LogP contribution in [-0.2, 0) is 9.53 Å². The Morgan fingerprint density at radius 3 is 2.14 bits per heavy atom. The van der Waals surface area contributed by atoms with Crippen molar-refractivity contribution in [1.82, 2.24) is 5.32 Å². The van der Waals surface area contributed by atoms with Crippen LogP contribution in [0.1, 0.15) is 46.7 Å². The number of benzene rings is 3. The molecule has 0 bridgehead atoms. The number of fused-ring (bicyclic) bond motifs is 3. The van der Waals surface area contributed by atoms with Gasteiger partial charge in [-0.05, 0) is 53.6 Å². The molecule has 5 rings (SSSR count). The maximum Gasteiger partial charge on any atom is 0.411 e. The fraction of sp³-hybridized carbons (Fsp3) is 0.250. The van der Waals surface area contributed by atoms with E-state index in [1.54, 1.807) is 24.3 Å². The van der Waals surface area contributed by atoms with E-state index in [9.17, 15) is 19.5 Å². The SMILES string of the molecule is O=C(Nc1ccccc1C(=O)N[C@H]1CC[C@@H](C(=O)O)C1)OCC1c2ccccc2-c2ccccc21. The predicted molar refractivity (Wildman–Crippen MR) is 131 cm³/mol. The van der Waals surface area contributed by atoms with Crippen molar-refractivity contribution in [3.8, 4) is 11.1 Å². The van der Waals surface area contributed by atoms with Gasteiger partial charge in [-0.1, -0.05) is 60.7 Å². The number of amides is 2. The molecule has 0 spiro atoms. The standard InChI is InChI=1S/C28H26N2O5/c31-26(29-18-14-13-17(15-18)27(32)33)23-11-5-6-12-25(23)30-28(34)35-16-24-21-9-3-1-7-19(21)20-8-2-4-10-22(20)24/h1-12,17-18,24H,13-16H2,(H,29,31)(H,30,34)(H,32,33)/t17-,18+/m1/s1. The number of aliphatic carboxylic acids is 1. The number of anilines is 1. The summed E-state index contributed by atoms with van der Waals surface area (Å²) in [5.41, 5.74) is 5.19. The topological polar surface area (TPSA) is 105 Å². The molecule has 35 heavy (non-hydrogen) atoms. The van der Waals surface area contributed by atoms with Gasteiger partial charge in [-0.15, -0.1) is 0 Å². The fourth-order valence-corrected chi connectivity index (χ4v) is 5.13. The summed E-state index contributed by atoms with van der Waals surface area (Å²) < 4.78 is 5.61. The molecular weight excluding hydrogens is 444 g/mol. The van der Waals surface area contributed by atoms with E-state index >= 15 is 0 Å². The lowest BCUT2D eigenvalue weighted by atomic mass is 9.98. The van der Waals surface area contributed by atoms with Crippen LogP contribution in [0.15, 0.2) is 72.8 Å². The van der Waals surface area contributed by atoms with E-state index in [-0.39, 0.29) is 24.5 Å². The summed E-state index contributed by atoms with van der Waals surface area (Å²) in [7, 11) is 0. The van der Waals surface area contributed by atoms with Gasteiger partial charge >= 0.3 is 12.1 Å². The van der Waals surface area contributed by atoms with E-state index in [4.69, 9.17) is 4.74 Å². The summed E-state index contributed by atoms with van der Waals surface area (Å²) in [6.45, 7) is 0.173. The molecule has 0 saturated heterocycles. The second kappa shape index (κ2) is 9.62. The van der Waals surface area contributed by atoms with Crippen LogP contribution in [0.25, 0.3) is 11.1 Å². The Morgan fingerprint density at radius 2 is 1.49 bits per heavy atom. The number of carboxylic acids is 1. The van der Waals surface area contributed by atoms with Crippen LogP contribution in [0.4, 0.5) is 10.5 Å². The normalized spacial score (nSPS) is 18.4. The highest BCUT2D eigenvalue weighted by Gasteiger charge is 2.31. The van der Waals surface area contributed by atoms with Crippen molar-refractivity contribution in [2.24, 2.45) is 5.92 Å². The molecule has 0 aromatic heterocycles. The van der Waals surface area contributed by atoms with Crippen LogP contribution in [0.2, 0.25) is 0 Å². The molecule has 7 heteroatoms. The van der Waals surface area contributed by atoms with E-state index in [0.717, 1.165) is 22.3 Å². The van der Waals surface area contributed by atoms with Gasteiger partial charge in [0.2, 0.25) is 0 Å². The molecule has 7 nitrogen and oxygen atoms in total. The highest BCUT2D eigenvalue weighted by molar-refractivity contribution is 6.02. The van der Waals surface area contributed by atoms with Crippen molar-refractivity contribution < 1.29 is 24.2 Å². The van der Waals surface area contributed by atoms with Gasteiger partial charge in [0, 0.05) is 12.0 Å². The average Bonchev–Trinajstić information content (AvgIpc) is 3.46. The zero-order chi connectivity index (χ0) is 24.4. The summed E-state index contributed by atoms with van der Waals surface area (Å²) in [5.74, 6) is -1.68.